The molecule has 0 fully saturated rings. The fourth-order valence-electron chi connectivity index (χ4n) is 1.62. The zero-order valence-corrected chi connectivity index (χ0v) is 15.4. The maximum atomic E-state index is 13.6. The largest absolute Gasteiger partial charge is 0.494 e. The van der Waals surface area contributed by atoms with Gasteiger partial charge in [0.05, 0.1) is 13.7 Å². The molecule has 1 aromatic rings. The first-order valence-corrected chi connectivity index (χ1v) is 6.91. The fourth-order valence-corrected chi connectivity index (χ4v) is 1.62. The summed E-state index contributed by atoms with van der Waals surface area (Å²) < 4.78 is 18.5. The van der Waals surface area contributed by atoms with Crippen molar-refractivity contribution in [1.29, 1.82) is 0 Å². The number of nitrogens with one attached hydrogen (secondary N) is 2. The lowest BCUT2D eigenvalue weighted by Crippen LogP contribution is -2.39. The first-order valence-electron chi connectivity index (χ1n) is 6.91. The van der Waals surface area contributed by atoms with E-state index in [2.05, 4.69) is 29.5 Å². The van der Waals surface area contributed by atoms with Crippen LogP contribution in [0.25, 0.3) is 0 Å². The molecule has 4 nitrogen and oxygen atoms in total. The highest BCUT2D eigenvalue weighted by Crippen LogP contribution is 2.17. The van der Waals surface area contributed by atoms with Crippen LogP contribution >= 0.6 is 24.0 Å². The first kappa shape index (κ1) is 19.9. The Kier molecular flexibility index (Phi) is 10.1. The van der Waals surface area contributed by atoms with Crippen molar-refractivity contribution in [2.45, 2.75) is 27.3 Å². The minimum absolute atomic E-state index is 0. The molecule has 1 aromatic carbocycles. The van der Waals surface area contributed by atoms with Crippen LogP contribution in [0.4, 0.5) is 4.39 Å². The summed E-state index contributed by atoms with van der Waals surface area (Å²) in [6.07, 6.45) is 0. The van der Waals surface area contributed by atoms with Gasteiger partial charge in [-0.25, -0.2) is 9.38 Å². The molecule has 1 rings (SSSR count). The summed E-state index contributed by atoms with van der Waals surface area (Å²) in [5.74, 6) is 1.18. The number of hydrogen-bond acceptors (Lipinski definition) is 2. The normalized spacial score (nSPS) is 11.0. The summed E-state index contributed by atoms with van der Waals surface area (Å²) in [5.41, 5.74) is 0.810. The Balaban J connectivity index is 0.00000400. The molecule has 0 spiro atoms. The molecule has 0 saturated heterocycles. The van der Waals surface area contributed by atoms with Gasteiger partial charge in [-0.2, -0.15) is 0 Å². The quantitative estimate of drug-likeness (QED) is 0.431. The zero-order chi connectivity index (χ0) is 15.0. The second kappa shape index (κ2) is 10.6. The third kappa shape index (κ3) is 7.50. The van der Waals surface area contributed by atoms with Crippen molar-refractivity contribution in [3.05, 3.63) is 29.6 Å². The van der Waals surface area contributed by atoms with Crippen molar-refractivity contribution in [2.24, 2.45) is 10.9 Å². The van der Waals surface area contributed by atoms with E-state index >= 15 is 0 Å². The van der Waals surface area contributed by atoms with Crippen molar-refractivity contribution in [3.63, 3.8) is 0 Å². The van der Waals surface area contributed by atoms with E-state index in [4.69, 9.17) is 4.74 Å². The second-order valence-corrected chi connectivity index (χ2v) is 4.94. The third-order valence-electron chi connectivity index (χ3n) is 2.66. The summed E-state index contributed by atoms with van der Waals surface area (Å²) in [4.78, 5) is 4.44. The Morgan fingerprint density at radius 3 is 2.57 bits per heavy atom. The van der Waals surface area contributed by atoms with Gasteiger partial charge in [-0.1, -0.05) is 19.9 Å². The Labute approximate surface area is 143 Å². The van der Waals surface area contributed by atoms with Crippen LogP contribution < -0.4 is 15.4 Å². The highest BCUT2D eigenvalue weighted by atomic mass is 127. The molecule has 0 saturated carbocycles. The van der Waals surface area contributed by atoms with Gasteiger partial charge < -0.3 is 15.4 Å². The molecule has 0 aliphatic heterocycles. The lowest BCUT2D eigenvalue weighted by Gasteiger charge is -2.13. The number of nitrogens with zero attached hydrogens (tertiary/aromatic N) is 1. The molecule has 0 aliphatic rings. The standard InChI is InChI=1S/C15H24FN3O.HI/c1-5-17-15(18-9-11(2)3)19-10-12-6-7-14(20-4)13(16)8-12;/h6-8,11H,5,9-10H2,1-4H3,(H2,17,18,19);1H. The first-order chi connectivity index (χ1) is 9.56. The van der Waals surface area contributed by atoms with E-state index in [0.717, 1.165) is 24.6 Å². The van der Waals surface area contributed by atoms with Crippen LogP contribution in [0.2, 0.25) is 0 Å². The zero-order valence-electron chi connectivity index (χ0n) is 13.1. The molecule has 0 bridgehead atoms. The van der Waals surface area contributed by atoms with E-state index in [1.165, 1.54) is 13.2 Å². The lowest BCUT2D eigenvalue weighted by molar-refractivity contribution is 0.386. The number of rotatable bonds is 6. The minimum Gasteiger partial charge on any atom is -0.494 e. The fraction of sp³-hybridized carbons (Fsp3) is 0.533. The van der Waals surface area contributed by atoms with E-state index in [-0.39, 0.29) is 35.5 Å². The van der Waals surface area contributed by atoms with E-state index in [1.807, 2.05) is 13.0 Å². The van der Waals surface area contributed by atoms with Crippen molar-refractivity contribution < 1.29 is 9.13 Å². The monoisotopic (exact) mass is 409 g/mol. The summed E-state index contributed by atoms with van der Waals surface area (Å²) in [6.45, 7) is 8.35. The maximum Gasteiger partial charge on any atom is 0.191 e. The number of aliphatic imine (C=N–C) groups is 1. The maximum absolute atomic E-state index is 13.6. The van der Waals surface area contributed by atoms with Gasteiger partial charge in [0.15, 0.2) is 17.5 Å². The third-order valence-corrected chi connectivity index (χ3v) is 2.66. The Hall–Kier alpha value is -1.05. The predicted octanol–water partition coefficient (Wildman–Crippen LogP) is 3.16. The summed E-state index contributed by atoms with van der Waals surface area (Å²) >= 11 is 0. The van der Waals surface area contributed by atoms with E-state index in [9.17, 15) is 4.39 Å². The van der Waals surface area contributed by atoms with Crippen molar-refractivity contribution >= 4 is 29.9 Å². The number of benzene rings is 1. The molecule has 120 valence electrons. The molecule has 0 aliphatic carbocycles. The SMILES string of the molecule is CCNC(=NCc1ccc(OC)c(F)c1)NCC(C)C.I. The van der Waals surface area contributed by atoms with Crippen LogP contribution in [0.3, 0.4) is 0 Å². The van der Waals surface area contributed by atoms with Crippen LogP contribution in [0.1, 0.15) is 26.3 Å². The Bertz CT molecular complexity index is 453. The van der Waals surface area contributed by atoms with Crippen molar-refractivity contribution in [3.8, 4) is 5.75 Å². The van der Waals surface area contributed by atoms with Gasteiger partial charge in [-0.05, 0) is 30.5 Å². The summed E-state index contributed by atoms with van der Waals surface area (Å²) in [6, 6.07) is 4.89. The average molecular weight is 409 g/mol. The molecule has 6 heteroatoms. The van der Waals surface area contributed by atoms with Gasteiger partial charge in [0.25, 0.3) is 0 Å². The van der Waals surface area contributed by atoms with Gasteiger partial charge >= 0.3 is 0 Å². The van der Waals surface area contributed by atoms with Gasteiger partial charge in [-0.15, -0.1) is 24.0 Å². The Morgan fingerprint density at radius 2 is 2.05 bits per heavy atom. The predicted molar refractivity (Wildman–Crippen MR) is 96.0 cm³/mol. The van der Waals surface area contributed by atoms with Crippen molar-refractivity contribution in [2.75, 3.05) is 20.2 Å². The van der Waals surface area contributed by atoms with Crippen LogP contribution in [0.5, 0.6) is 5.75 Å². The van der Waals surface area contributed by atoms with E-state index in [1.54, 1.807) is 6.07 Å². The topological polar surface area (TPSA) is 45.7 Å². The number of hydrogen-bond donors (Lipinski definition) is 2. The molecule has 2 N–H and O–H groups in total. The molecule has 0 atom stereocenters. The Morgan fingerprint density at radius 1 is 1.33 bits per heavy atom. The van der Waals surface area contributed by atoms with E-state index in [0.29, 0.717) is 12.5 Å². The molecule has 0 aromatic heterocycles. The summed E-state index contributed by atoms with van der Waals surface area (Å²) in [7, 11) is 1.45. The van der Waals surface area contributed by atoms with Crippen LogP contribution in [-0.4, -0.2) is 26.2 Å². The molecule has 0 radical (unpaired) electrons. The van der Waals surface area contributed by atoms with Gasteiger partial charge in [-0.3, -0.25) is 0 Å². The van der Waals surface area contributed by atoms with Gasteiger partial charge in [0.1, 0.15) is 0 Å². The van der Waals surface area contributed by atoms with Crippen LogP contribution in [0, 0.1) is 11.7 Å². The molecular formula is C15H25FIN3O. The number of halogens is 2. The highest BCUT2D eigenvalue weighted by Gasteiger charge is 2.04. The number of guanidine groups is 1. The molecule has 0 amide bonds. The van der Waals surface area contributed by atoms with Crippen molar-refractivity contribution in [1.82, 2.24) is 10.6 Å². The molecule has 0 unspecified atom stereocenters. The van der Waals surface area contributed by atoms with Crippen LogP contribution in [0.15, 0.2) is 23.2 Å². The number of methoxy groups -OCH3 is 1. The van der Waals surface area contributed by atoms with Gasteiger partial charge in [0.2, 0.25) is 0 Å². The van der Waals surface area contributed by atoms with Crippen LogP contribution in [-0.2, 0) is 6.54 Å². The molecule has 0 heterocycles. The molecular weight excluding hydrogens is 384 g/mol. The minimum atomic E-state index is -0.361. The average Bonchev–Trinajstić information content (AvgIpc) is 2.42. The summed E-state index contributed by atoms with van der Waals surface area (Å²) in [5, 5.41) is 6.41. The van der Waals surface area contributed by atoms with E-state index < -0.39 is 0 Å². The lowest BCUT2D eigenvalue weighted by atomic mass is 10.2. The molecule has 21 heavy (non-hydrogen) atoms. The second-order valence-electron chi connectivity index (χ2n) is 4.94. The highest BCUT2D eigenvalue weighted by molar-refractivity contribution is 14.0. The number of ether oxygens (including phenoxy) is 1. The smallest absolute Gasteiger partial charge is 0.191 e. The van der Waals surface area contributed by atoms with Gasteiger partial charge in [0, 0.05) is 13.1 Å².